The van der Waals surface area contributed by atoms with E-state index < -0.39 is 0 Å². The molecule has 1 N–H and O–H groups in total. The van der Waals surface area contributed by atoms with Crippen LogP contribution in [0, 0.1) is 5.41 Å². The fraction of sp³-hybridized carbons (Fsp3) is 1.00. The quantitative estimate of drug-likeness (QED) is 0.570. The third-order valence-corrected chi connectivity index (χ3v) is 3.09. The van der Waals surface area contributed by atoms with Gasteiger partial charge in [0.1, 0.15) is 0 Å². The fourth-order valence-corrected chi connectivity index (χ4v) is 1.90. The second-order valence-corrected chi connectivity index (χ2v) is 4.37. The van der Waals surface area contributed by atoms with Crippen molar-refractivity contribution in [1.82, 2.24) is 5.32 Å². The van der Waals surface area contributed by atoms with E-state index in [2.05, 4.69) is 33.0 Å². The van der Waals surface area contributed by atoms with Gasteiger partial charge in [-0.25, -0.2) is 0 Å². The molecule has 0 aliphatic carbocycles. The SMILES string of the molecule is CCCC(C)(CC)CCCNCC. The van der Waals surface area contributed by atoms with Gasteiger partial charge in [0.25, 0.3) is 0 Å². The van der Waals surface area contributed by atoms with E-state index in [1.165, 1.54) is 38.6 Å². The lowest BCUT2D eigenvalue weighted by Crippen LogP contribution is -2.19. The summed E-state index contributed by atoms with van der Waals surface area (Å²) in [5.41, 5.74) is 0.601. The van der Waals surface area contributed by atoms with Gasteiger partial charge in [-0.2, -0.15) is 0 Å². The largest absolute Gasteiger partial charge is 0.317 e. The summed E-state index contributed by atoms with van der Waals surface area (Å²) >= 11 is 0. The molecule has 1 nitrogen and oxygen atoms in total. The normalized spacial score (nSPS) is 15.7. The van der Waals surface area contributed by atoms with Gasteiger partial charge >= 0.3 is 0 Å². The molecular formula is C12H27N. The van der Waals surface area contributed by atoms with Gasteiger partial charge in [0.2, 0.25) is 0 Å². The average molecular weight is 185 g/mol. The summed E-state index contributed by atoms with van der Waals surface area (Å²) in [7, 11) is 0. The molecule has 0 aromatic carbocycles. The number of rotatable bonds is 8. The van der Waals surface area contributed by atoms with Crippen LogP contribution in [0.2, 0.25) is 0 Å². The highest BCUT2D eigenvalue weighted by atomic mass is 14.8. The maximum Gasteiger partial charge on any atom is -0.00488 e. The maximum absolute atomic E-state index is 3.39. The molecule has 0 rings (SSSR count). The van der Waals surface area contributed by atoms with Crippen LogP contribution in [0.15, 0.2) is 0 Å². The van der Waals surface area contributed by atoms with Crippen LogP contribution in [0.5, 0.6) is 0 Å². The topological polar surface area (TPSA) is 12.0 Å². The minimum atomic E-state index is 0.601. The van der Waals surface area contributed by atoms with Gasteiger partial charge in [-0.05, 0) is 37.8 Å². The maximum atomic E-state index is 3.39. The molecule has 1 heteroatoms. The lowest BCUT2D eigenvalue weighted by molar-refractivity contribution is 0.250. The van der Waals surface area contributed by atoms with Gasteiger partial charge in [-0.3, -0.25) is 0 Å². The lowest BCUT2D eigenvalue weighted by Gasteiger charge is -2.27. The molecule has 0 aromatic rings. The second kappa shape index (κ2) is 7.37. The summed E-state index contributed by atoms with van der Waals surface area (Å²) in [4.78, 5) is 0. The van der Waals surface area contributed by atoms with Crippen LogP contribution in [0.25, 0.3) is 0 Å². The van der Waals surface area contributed by atoms with Gasteiger partial charge in [0, 0.05) is 0 Å². The molecule has 0 heterocycles. The zero-order valence-corrected chi connectivity index (χ0v) is 9.95. The Bertz CT molecular complexity index is 112. The summed E-state index contributed by atoms with van der Waals surface area (Å²) in [5.74, 6) is 0. The molecule has 0 fully saturated rings. The van der Waals surface area contributed by atoms with Crippen molar-refractivity contribution in [2.24, 2.45) is 5.41 Å². The van der Waals surface area contributed by atoms with Crippen LogP contribution in [-0.2, 0) is 0 Å². The molecule has 0 amide bonds. The monoisotopic (exact) mass is 185 g/mol. The van der Waals surface area contributed by atoms with Crippen LogP contribution in [0.1, 0.15) is 59.8 Å². The molecule has 0 radical (unpaired) electrons. The van der Waals surface area contributed by atoms with E-state index in [4.69, 9.17) is 0 Å². The molecule has 0 aromatic heterocycles. The van der Waals surface area contributed by atoms with E-state index in [1.807, 2.05) is 0 Å². The molecule has 1 atom stereocenters. The first-order chi connectivity index (χ1) is 6.18. The first-order valence-electron chi connectivity index (χ1n) is 5.89. The third kappa shape index (κ3) is 6.09. The van der Waals surface area contributed by atoms with Crippen molar-refractivity contribution in [1.29, 1.82) is 0 Å². The van der Waals surface area contributed by atoms with Gasteiger partial charge in [-0.15, -0.1) is 0 Å². The van der Waals surface area contributed by atoms with Crippen LogP contribution >= 0.6 is 0 Å². The zero-order chi connectivity index (χ0) is 10.2. The van der Waals surface area contributed by atoms with Gasteiger partial charge in [0.15, 0.2) is 0 Å². The van der Waals surface area contributed by atoms with E-state index in [0.29, 0.717) is 5.41 Å². The van der Waals surface area contributed by atoms with Crippen molar-refractivity contribution in [3.8, 4) is 0 Å². The van der Waals surface area contributed by atoms with Crippen LogP contribution in [0.4, 0.5) is 0 Å². The highest BCUT2D eigenvalue weighted by molar-refractivity contribution is 4.72. The van der Waals surface area contributed by atoms with Gasteiger partial charge in [0.05, 0.1) is 0 Å². The number of hydrogen-bond donors (Lipinski definition) is 1. The molecule has 0 bridgehead atoms. The Kier molecular flexibility index (Phi) is 7.35. The number of nitrogens with one attached hydrogen (secondary N) is 1. The molecule has 0 saturated carbocycles. The predicted octanol–water partition coefficient (Wildman–Crippen LogP) is 3.59. The molecule has 0 saturated heterocycles. The third-order valence-electron chi connectivity index (χ3n) is 3.09. The van der Waals surface area contributed by atoms with Crippen molar-refractivity contribution in [3.05, 3.63) is 0 Å². The predicted molar refractivity (Wildman–Crippen MR) is 61.1 cm³/mol. The van der Waals surface area contributed by atoms with Gasteiger partial charge < -0.3 is 5.32 Å². The van der Waals surface area contributed by atoms with Crippen molar-refractivity contribution in [2.75, 3.05) is 13.1 Å². The van der Waals surface area contributed by atoms with Crippen molar-refractivity contribution in [3.63, 3.8) is 0 Å². The molecular weight excluding hydrogens is 158 g/mol. The summed E-state index contributed by atoms with van der Waals surface area (Å²) < 4.78 is 0. The van der Waals surface area contributed by atoms with Crippen LogP contribution in [0.3, 0.4) is 0 Å². The summed E-state index contributed by atoms with van der Waals surface area (Å²) in [5, 5.41) is 3.39. The Morgan fingerprint density at radius 1 is 1.08 bits per heavy atom. The zero-order valence-electron chi connectivity index (χ0n) is 9.95. The summed E-state index contributed by atoms with van der Waals surface area (Å²) in [6.45, 7) is 11.5. The van der Waals surface area contributed by atoms with E-state index in [9.17, 15) is 0 Å². The molecule has 0 spiro atoms. The smallest absolute Gasteiger partial charge is 0.00488 e. The first kappa shape index (κ1) is 13.0. The fourth-order valence-electron chi connectivity index (χ4n) is 1.90. The molecule has 0 aliphatic heterocycles. The highest BCUT2D eigenvalue weighted by Gasteiger charge is 2.19. The minimum Gasteiger partial charge on any atom is -0.317 e. The summed E-state index contributed by atoms with van der Waals surface area (Å²) in [6.07, 6.45) is 6.75. The lowest BCUT2D eigenvalue weighted by atomic mass is 9.79. The van der Waals surface area contributed by atoms with E-state index in [-0.39, 0.29) is 0 Å². The molecule has 1 unspecified atom stereocenters. The van der Waals surface area contributed by atoms with Gasteiger partial charge in [-0.1, -0.05) is 40.5 Å². The molecule has 13 heavy (non-hydrogen) atoms. The van der Waals surface area contributed by atoms with Crippen LogP contribution < -0.4 is 5.32 Å². The Balaban J connectivity index is 3.57. The van der Waals surface area contributed by atoms with Crippen molar-refractivity contribution in [2.45, 2.75) is 59.8 Å². The van der Waals surface area contributed by atoms with Crippen LogP contribution in [-0.4, -0.2) is 13.1 Å². The number of hydrogen-bond acceptors (Lipinski definition) is 1. The molecule has 80 valence electrons. The minimum absolute atomic E-state index is 0.601. The first-order valence-corrected chi connectivity index (χ1v) is 5.89. The van der Waals surface area contributed by atoms with E-state index in [1.54, 1.807) is 0 Å². The standard InChI is InChI=1S/C12H27N/c1-5-9-12(4,6-2)10-8-11-13-7-3/h13H,5-11H2,1-4H3. The average Bonchev–Trinajstić information content (AvgIpc) is 2.13. The summed E-state index contributed by atoms with van der Waals surface area (Å²) in [6, 6.07) is 0. The second-order valence-electron chi connectivity index (χ2n) is 4.37. The molecule has 0 aliphatic rings. The Labute approximate surface area is 84.3 Å². The van der Waals surface area contributed by atoms with Crippen molar-refractivity contribution >= 4 is 0 Å². The Morgan fingerprint density at radius 3 is 2.23 bits per heavy atom. The Morgan fingerprint density at radius 2 is 1.77 bits per heavy atom. The van der Waals surface area contributed by atoms with Crippen molar-refractivity contribution < 1.29 is 0 Å². The van der Waals surface area contributed by atoms with E-state index in [0.717, 1.165) is 6.54 Å². The Hall–Kier alpha value is -0.0400. The highest BCUT2D eigenvalue weighted by Crippen LogP contribution is 2.32. The van der Waals surface area contributed by atoms with E-state index >= 15 is 0 Å².